The summed E-state index contributed by atoms with van der Waals surface area (Å²) in [6.45, 7) is 7.32. The Morgan fingerprint density at radius 3 is 2.12 bits per heavy atom. The van der Waals surface area contributed by atoms with E-state index in [0.717, 1.165) is 6.04 Å². The standard InChI is InChI=1S/C16H33N/c1-3-5-6-7-11-15-17(14-4-2)16-12-9-8-10-13-16/h16H,3-15H2,1-2H3. The maximum Gasteiger partial charge on any atom is 0.00952 e. The third kappa shape index (κ3) is 6.45. The molecule has 1 fully saturated rings. The number of hydrogen-bond donors (Lipinski definition) is 0. The molecule has 0 saturated heterocycles. The van der Waals surface area contributed by atoms with E-state index < -0.39 is 0 Å². The summed E-state index contributed by atoms with van der Waals surface area (Å²) in [6.07, 6.45) is 15.8. The van der Waals surface area contributed by atoms with E-state index in [0.29, 0.717) is 0 Å². The normalized spacial score (nSPS) is 17.8. The van der Waals surface area contributed by atoms with E-state index in [1.807, 2.05) is 0 Å². The molecule has 1 heteroatoms. The number of hydrogen-bond acceptors (Lipinski definition) is 1. The lowest BCUT2D eigenvalue weighted by atomic mass is 9.94. The average molecular weight is 239 g/mol. The predicted molar refractivity (Wildman–Crippen MR) is 77.5 cm³/mol. The van der Waals surface area contributed by atoms with Gasteiger partial charge in [-0.25, -0.2) is 0 Å². The van der Waals surface area contributed by atoms with E-state index in [4.69, 9.17) is 0 Å². The van der Waals surface area contributed by atoms with Gasteiger partial charge in [0.15, 0.2) is 0 Å². The van der Waals surface area contributed by atoms with Crippen LogP contribution in [-0.2, 0) is 0 Å². The lowest BCUT2D eigenvalue weighted by Gasteiger charge is -2.34. The fourth-order valence-corrected chi connectivity index (χ4v) is 3.13. The van der Waals surface area contributed by atoms with Crippen molar-refractivity contribution in [1.29, 1.82) is 0 Å². The molecule has 1 saturated carbocycles. The molecule has 0 spiro atoms. The smallest absolute Gasteiger partial charge is 0.00952 e. The highest BCUT2D eigenvalue weighted by molar-refractivity contribution is 4.75. The van der Waals surface area contributed by atoms with Gasteiger partial charge >= 0.3 is 0 Å². The van der Waals surface area contributed by atoms with E-state index in [-0.39, 0.29) is 0 Å². The molecule has 0 amide bonds. The van der Waals surface area contributed by atoms with Gasteiger partial charge in [0.1, 0.15) is 0 Å². The van der Waals surface area contributed by atoms with Gasteiger partial charge in [-0.1, -0.05) is 58.8 Å². The van der Waals surface area contributed by atoms with Crippen LogP contribution in [0, 0.1) is 0 Å². The molecule has 0 heterocycles. The Bertz CT molecular complexity index is 161. The van der Waals surface area contributed by atoms with Crippen LogP contribution in [0.5, 0.6) is 0 Å². The minimum Gasteiger partial charge on any atom is -0.300 e. The van der Waals surface area contributed by atoms with Gasteiger partial charge < -0.3 is 4.90 Å². The molecular formula is C16H33N. The van der Waals surface area contributed by atoms with Crippen LogP contribution in [0.2, 0.25) is 0 Å². The van der Waals surface area contributed by atoms with Crippen LogP contribution in [0.3, 0.4) is 0 Å². The summed E-state index contributed by atoms with van der Waals surface area (Å²) in [5, 5.41) is 0. The fraction of sp³-hybridized carbons (Fsp3) is 1.00. The number of rotatable bonds is 9. The molecule has 1 nitrogen and oxygen atoms in total. The third-order valence-electron chi connectivity index (χ3n) is 4.15. The van der Waals surface area contributed by atoms with E-state index in [1.165, 1.54) is 83.7 Å². The maximum atomic E-state index is 2.80. The number of nitrogens with zero attached hydrogens (tertiary/aromatic N) is 1. The van der Waals surface area contributed by atoms with E-state index >= 15 is 0 Å². The van der Waals surface area contributed by atoms with E-state index in [2.05, 4.69) is 18.7 Å². The first-order chi connectivity index (χ1) is 8.38. The molecule has 0 atom stereocenters. The monoisotopic (exact) mass is 239 g/mol. The molecule has 1 rings (SSSR count). The van der Waals surface area contributed by atoms with Crippen LogP contribution in [0.25, 0.3) is 0 Å². The van der Waals surface area contributed by atoms with Crippen molar-refractivity contribution in [3.8, 4) is 0 Å². The lowest BCUT2D eigenvalue weighted by Crippen LogP contribution is -2.38. The van der Waals surface area contributed by atoms with Crippen molar-refractivity contribution >= 4 is 0 Å². The lowest BCUT2D eigenvalue weighted by molar-refractivity contribution is 0.153. The zero-order valence-corrected chi connectivity index (χ0v) is 12.2. The molecule has 0 aliphatic heterocycles. The third-order valence-corrected chi connectivity index (χ3v) is 4.15. The first-order valence-electron chi connectivity index (χ1n) is 8.12. The Morgan fingerprint density at radius 1 is 0.765 bits per heavy atom. The van der Waals surface area contributed by atoms with Crippen LogP contribution in [0.15, 0.2) is 0 Å². The summed E-state index contributed by atoms with van der Waals surface area (Å²) in [4.78, 5) is 2.80. The molecule has 17 heavy (non-hydrogen) atoms. The second kappa shape index (κ2) is 9.94. The van der Waals surface area contributed by atoms with Gasteiger partial charge in [0.2, 0.25) is 0 Å². The summed E-state index contributed by atoms with van der Waals surface area (Å²) in [7, 11) is 0. The molecule has 0 aromatic rings. The van der Waals surface area contributed by atoms with Gasteiger partial charge in [-0.3, -0.25) is 0 Å². The first kappa shape index (κ1) is 15.0. The molecule has 0 unspecified atom stereocenters. The second-order valence-electron chi connectivity index (χ2n) is 5.74. The Morgan fingerprint density at radius 2 is 1.47 bits per heavy atom. The molecule has 1 aliphatic rings. The molecule has 0 aromatic carbocycles. The first-order valence-corrected chi connectivity index (χ1v) is 8.12. The van der Waals surface area contributed by atoms with Crippen molar-refractivity contribution in [3.63, 3.8) is 0 Å². The quantitative estimate of drug-likeness (QED) is 0.512. The van der Waals surface area contributed by atoms with E-state index in [9.17, 15) is 0 Å². The van der Waals surface area contributed by atoms with Gasteiger partial charge in [0.05, 0.1) is 0 Å². The number of unbranched alkanes of at least 4 members (excludes halogenated alkanes) is 4. The fourth-order valence-electron chi connectivity index (χ4n) is 3.13. The van der Waals surface area contributed by atoms with Crippen molar-refractivity contribution in [3.05, 3.63) is 0 Å². The van der Waals surface area contributed by atoms with Crippen LogP contribution in [0.4, 0.5) is 0 Å². The van der Waals surface area contributed by atoms with Crippen LogP contribution >= 0.6 is 0 Å². The summed E-state index contributed by atoms with van der Waals surface area (Å²) in [5.74, 6) is 0. The summed E-state index contributed by atoms with van der Waals surface area (Å²) < 4.78 is 0. The van der Waals surface area contributed by atoms with Gasteiger partial charge in [-0.15, -0.1) is 0 Å². The molecule has 0 N–H and O–H groups in total. The SMILES string of the molecule is CCCCCCCN(CCC)C1CCCCC1. The minimum absolute atomic E-state index is 0.926. The van der Waals surface area contributed by atoms with Crippen LogP contribution in [-0.4, -0.2) is 24.0 Å². The van der Waals surface area contributed by atoms with Crippen molar-refractivity contribution in [2.75, 3.05) is 13.1 Å². The topological polar surface area (TPSA) is 3.24 Å². The molecule has 0 radical (unpaired) electrons. The molecule has 102 valence electrons. The minimum atomic E-state index is 0.926. The van der Waals surface area contributed by atoms with Crippen LogP contribution in [0.1, 0.15) is 84.5 Å². The Labute approximate surface area is 109 Å². The maximum absolute atomic E-state index is 2.80. The predicted octanol–water partition coefficient (Wildman–Crippen LogP) is 5.00. The molecule has 0 bridgehead atoms. The van der Waals surface area contributed by atoms with Crippen molar-refractivity contribution in [1.82, 2.24) is 4.90 Å². The Kier molecular flexibility index (Phi) is 8.78. The largest absolute Gasteiger partial charge is 0.300 e. The molecular weight excluding hydrogens is 206 g/mol. The van der Waals surface area contributed by atoms with Gasteiger partial charge in [0.25, 0.3) is 0 Å². The average Bonchev–Trinajstić information content (AvgIpc) is 2.38. The van der Waals surface area contributed by atoms with E-state index in [1.54, 1.807) is 0 Å². The Balaban J connectivity index is 2.17. The highest BCUT2D eigenvalue weighted by Gasteiger charge is 2.19. The highest BCUT2D eigenvalue weighted by Crippen LogP contribution is 2.23. The summed E-state index contributed by atoms with van der Waals surface area (Å²) in [5.41, 5.74) is 0. The zero-order valence-electron chi connectivity index (χ0n) is 12.2. The molecule has 1 aliphatic carbocycles. The van der Waals surface area contributed by atoms with Crippen molar-refractivity contribution in [2.45, 2.75) is 90.5 Å². The molecule has 0 aromatic heterocycles. The zero-order chi connectivity index (χ0) is 12.3. The summed E-state index contributed by atoms with van der Waals surface area (Å²) >= 11 is 0. The highest BCUT2D eigenvalue weighted by atomic mass is 15.1. The Hall–Kier alpha value is -0.0400. The van der Waals surface area contributed by atoms with Gasteiger partial charge in [-0.05, 0) is 38.8 Å². The van der Waals surface area contributed by atoms with Crippen molar-refractivity contribution in [2.24, 2.45) is 0 Å². The van der Waals surface area contributed by atoms with Gasteiger partial charge in [-0.2, -0.15) is 0 Å². The summed E-state index contributed by atoms with van der Waals surface area (Å²) in [6, 6.07) is 0.926. The van der Waals surface area contributed by atoms with Crippen molar-refractivity contribution < 1.29 is 0 Å². The van der Waals surface area contributed by atoms with Crippen LogP contribution < -0.4 is 0 Å². The second-order valence-corrected chi connectivity index (χ2v) is 5.74. The van der Waals surface area contributed by atoms with Gasteiger partial charge in [0, 0.05) is 6.04 Å².